The summed E-state index contributed by atoms with van der Waals surface area (Å²) in [5.74, 6) is 0. The zero-order chi connectivity index (χ0) is 9.42. The molecule has 0 bridgehead atoms. The van der Waals surface area contributed by atoms with Crippen LogP contribution in [0.15, 0.2) is 29.2 Å². The number of rotatable bonds is 0. The van der Waals surface area contributed by atoms with E-state index in [1.807, 2.05) is 0 Å². The largest absolute Gasteiger partial charge is 0.425 e. The zero-order valence-electron chi connectivity index (χ0n) is 7.06. The van der Waals surface area contributed by atoms with Crippen molar-refractivity contribution in [2.75, 3.05) is 0 Å². The lowest BCUT2D eigenvalue weighted by molar-refractivity contribution is 0.170. The highest BCUT2D eigenvalue weighted by Gasteiger charge is 2.04. The Kier molecular flexibility index (Phi) is 1.55. The van der Waals surface area contributed by atoms with Crippen LogP contribution in [0.5, 0.6) is 0 Å². The van der Waals surface area contributed by atoms with Gasteiger partial charge >= 0.3 is 0 Å². The van der Waals surface area contributed by atoms with E-state index in [1.54, 1.807) is 31.3 Å². The summed E-state index contributed by atoms with van der Waals surface area (Å²) in [5.41, 5.74) is 0.662. The second-order valence-corrected chi connectivity index (χ2v) is 2.84. The van der Waals surface area contributed by atoms with Crippen molar-refractivity contribution < 1.29 is 5.21 Å². The number of nitrogens with zero attached hydrogens (tertiary/aromatic N) is 2. The van der Waals surface area contributed by atoms with Crippen LogP contribution >= 0.6 is 0 Å². The van der Waals surface area contributed by atoms with Crippen molar-refractivity contribution in [2.45, 2.75) is 6.92 Å². The fourth-order valence-corrected chi connectivity index (χ4v) is 1.25. The highest BCUT2D eigenvalue weighted by atomic mass is 16.5. The molecule has 2 aromatic rings. The predicted molar refractivity (Wildman–Crippen MR) is 47.9 cm³/mol. The molecule has 0 unspecified atom stereocenters. The van der Waals surface area contributed by atoms with Crippen LogP contribution < -0.4 is 5.56 Å². The van der Waals surface area contributed by atoms with Crippen LogP contribution in [0.1, 0.15) is 5.69 Å². The molecule has 1 N–H and O–H groups in total. The molecule has 0 amide bonds. The van der Waals surface area contributed by atoms with Gasteiger partial charge in [0.25, 0.3) is 5.56 Å². The van der Waals surface area contributed by atoms with Crippen LogP contribution in [-0.4, -0.2) is 14.9 Å². The van der Waals surface area contributed by atoms with Crippen LogP contribution in [0.3, 0.4) is 0 Å². The molecule has 0 aliphatic rings. The molecule has 2 rings (SSSR count). The van der Waals surface area contributed by atoms with Gasteiger partial charge in [0.1, 0.15) is 0 Å². The first-order chi connectivity index (χ1) is 6.20. The molecule has 0 aliphatic heterocycles. The number of aromatic nitrogens is 2. The molecular weight excluding hydrogens is 168 g/mol. The van der Waals surface area contributed by atoms with Crippen molar-refractivity contribution in [1.29, 1.82) is 0 Å². The zero-order valence-corrected chi connectivity index (χ0v) is 7.06. The van der Waals surface area contributed by atoms with Gasteiger partial charge < -0.3 is 5.21 Å². The van der Waals surface area contributed by atoms with Crippen molar-refractivity contribution in [3.05, 3.63) is 40.4 Å². The number of fused-ring (bicyclic) bond motifs is 1. The molecule has 0 aromatic carbocycles. The third-order valence-corrected chi connectivity index (χ3v) is 1.94. The van der Waals surface area contributed by atoms with Gasteiger partial charge in [0, 0.05) is 6.20 Å². The molecule has 66 valence electrons. The lowest BCUT2D eigenvalue weighted by Gasteiger charge is -2.02. The van der Waals surface area contributed by atoms with E-state index in [2.05, 4.69) is 4.98 Å². The van der Waals surface area contributed by atoms with Crippen LogP contribution in [0.25, 0.3) is 10.9 Å². The molecule has 0 saturated carbocycles. The van der Waals surface area contributed by atoms with Crippen LogP contribution in [0.2, 0.25) is 0 Å². The Morgan fingerprint density at radius 2 is 2.31 bits per heavy atom. The summed E-state index contributed by atoms with van der Waals surface area (Å²) in [6.07, 6.45) is 1.61. The predicted octanol–water partition coefficient (Wildman–Crippen LogP) is 0.942. The second kappa shape index (κ2) is 2.58. The van der Waals surface area contributed by atoms with E-state index in [-0.39, 0.29) is 0 Å². The van der Waals surface area contributed by atoms with Crippen molar-refractivity contribution >= 4 is 10.9 Å². The third kappa shape index (κ3) is 1.07. The molecule has 4 heteroatoms. The maximum Gasteiger partial charge on any atom is 0.292 e. The van der Waals surface area contributed by atoms with Gasteiger partial charge in [-0.25, -0.2) is 0 Å². The number of aryl methyl sites for hydroxylation is 1. The summed E-state index contributed by atoms with van der Waals surface area (Å²) in [7, 11) is 0. The van der Waals surface area contributed by atoms with Gasteiger partial charge in [-0.2, -0.15) is 4.73 Å². The van der Waals surface area contributed by atoms with E-state index in [0.29, 0.717) is 21.3 Å². The Morgan fingerprint density at radius 1 is 1.54 bits per heavy atom. The minimum atomic E-state index is -0.428. The van der Waals surface area contributed by atoms with Gasteiger partial charge in [0.05, 0.1) is 16.6 Å². The van der Waals surface area contributed by atoms with Crippen molar-refractivity contribution in [3.63, 3.8) is 0 Å². The van der Waals surface area contributed by atoms with E-state index in [0.717, 1.165) is 0 Å². The van der Waals surface area contributed by atoms with Gasteiger partial charge in [-0.15, -0.1) is 0 Å². The van der Waals surface area contributed by atoms with E-state index in [4.69, 9.17) is 0 Å². The molecule has 0 spiro atoms. The molecule has 13 heavy (non-hydrogen) atoms. The smallest absolute Gasteiger partial charge is 0.292 e. The van der Waals surface area contributed by atoms with Crippen molar-refractivity contribution in [2.24, 2.45) is 0 Å². The SMILES string of the molecule is Cc1cc2ncccc2c(=O)n1O. The average molecular weight is 176 g/mol. The molecule has 2 aromatic heterocycles. The minimum absolute atomic E-state index is 0.426. The maximum atomic E-state index is 11.4. The second-order valence-electron chi connectivity index (χ2n) is 2.84. The van der Waals surface area contributed by atoms with E-state index >= 15 is 0 Å². The lowest BCUT2D eigenvalue weighted by atomic mass is 10.2. The topological polar surface area (TPSA) is 55.1 Å². The van der Waals surface area contributed by atoms with Crippen molar-refractivity contribution in [3.8, 4) is 0 Å². The summed E-state index contributed by atoms with van der Waals surface area (Å²) in [6, 6.07) is 4.96. The normalized spacial score (nSPS) is 10.5. The van der Waals surface area contributed by atoms with Gasteiger partial charge in [0.2, 0.25) is 0 Å². The Bertz CT molecular complexity index is 516. The summed E-state index contributed by atoms with van der Waals surface area (Å²) in [6.45, 7) is 1.65. The first-order valence-corrected chi connectivity index (χ1v) is 3.87. The van der Waals surface area contributed by atoms with Gasteiger partial charge in [-0.05, 0) is 25.1 Å². The molecule has 0 radical (unpaired) electrons. The van der Waals surface area contributed by atoms with Crippen LogP contribution in [0.4, 0.5) is 0 Å². The van der Waals surface area contributed by atoms with Gasteiger partial charge in [0.15, 0.2) is 0 Å². The Morgan fingerprint density at radius 3 is 3.08 bits per heavy atom. The quantitative estimate of drug-likeness (QED) is 0.608. The van der Waals surface area contributed by atoms with E-state index in [9.17, 15) is 10.0 Å². The highest BCUT2D eigenvalue weighted by Crippen LogP contribution is 2.06. The molecule has 0 fully saturated rings. The number of pyridine rings is 2. The molecule has 0 aliphatic carbocycles. The summed E-state index contributed by atoms with van der Waals surface area (Å²) in [5, 5.41) is 9.71. The Labute approximate surface area is 74.0 Å². The fraction of sp³-hybridized carbons (Fsp3) is 0.111. The summed E-state index contributed by atoms with van der Waals surface area (Å²) in [4.78, 5) is 15.4. The molecule has 4 nitrogen and oxygen atoms in total. The minimum Gasteiger partial charge on any atom is -0.425 e. The van der Waals surface area contributed by atoms with Gasteiger partial charge in [-0.3, -0.25) is 9.78 Å². The first kappa shape index (κ1) is 7.79. The van der Waals surface area contributed by atoms with Gasteiger partial charge in [-0.1, -0.05) is 0 Å². The fourth-order valence-electron chi connectivity index (χ4n) is 1.25. The Balaban J connectivity index is 3.03. The molecule has 0 atom stereocenters. The summed E-state index contributed by atoms with van der Waals surface area (Å²) >= 11 is 0. The standard InChI is InChI=1S/C9H8N2O2/c1-6-5-8-7(3-2-4-10-8)9(12)11(6)13/h2-5,13H,1H3. The molecule has 2 heterocycles. The maximum absolute atomic E-state index is 11.4. The van der Waals surface area contributed by atoms with Crippen LogP contribution in [-0.2, 0) is 0 Å². The molecule has 0 saturated heterocycles. The number of hydrogen-bond acceptors (Lipinski definition) is 3. The lowest BCUT2D eigenvalue weighted by Crippen LogP contribution is -2.19. The third-order valence-electron chi connectivity index (χ3n) is 1.94. The monoisotopic (exact) mass is 176 g/mol. The van der Waals surface area contributed by atoms with Crippen molar-refractivity contribution in [1.82, 2.24) is 9.71 Å². The van der Waals surface area contributed by atoms with E-state index < -0.39 is 5.56 Å². The van der Waals surface area contributed by atoms with Crippen LogP contribution in [0, 0.1) is 6.92 Å². The Hall–Kier alpha value is -1.84. The summed E-state index contributed by atoms with van der Waals surface area (Å²) < 4.78 is 0.629. The first-order valence-electron chi connectivity index (χ1n) is 3.87. The number of hydrogen-bond donors (Lipinski definition) is 1. The van der Waals surface area contributed by atoms with E-state index in [1.165, 1.54) is 0 Å². The molecular formula is C9H8N2O2. The average Bonchev–Trinajstić information content (AvgIpc) is 2.15. The highest BCUT2D eigenvalue weighted by molar-refractivity contribution is 5.77.